The molecule has 0 radical (unpaired) electrons. The topological polar surface area (TPSA) is 58.9 Å². The van der Waals surface area contributed by atoms with Crippen molar-refractivity contribution in [1.29, 1.82) is 0 Å². The van der Waals surface area contributed by atoms with Gasteiger partial charge in [-0.05, 0) is 24.6 Å². The second-order valence-corrected chi connectivity index (χ2v) is 4.59. The molecule has 1 heterocycles. The quantitative estimate of drug-likeness (QED) is 0.652. The second-order valence-electron chi connectivity index (χ2n) is 4.59. The number of nitrogen functional groups attached to an aromatic ring is 1. The first-order valence-electron chi connectivity index (χ1n) is 6.15. The Morgan fingerprint density at radius 3 is 2.47 bits per heavy atom. The largest absolute Gasteiger partial charge is 0.398 e. The van der Waals surface area contributed by atoms with Crippen molar-refractivity contribution in [2.24, 2.45) is 0 Å². The smallest absolute Gasteiger partial charge is 0.194 e. The molecule has 0 spiro atoms. The van der Waals surface area contributed by atoms with Crippen molar-refractivity contribution in [3.63, 3.8) is 0 Å². The molecule has 19 heavy (non-hydrogen) atoms. The highest BCUT2D eigenvalue weighted by Gasteiger charge is 2.11. The van der Waals surface area contributed by atoms with Crippen LogP contribution in [0.4, 0.5) is 5.69 Å². The Kier molecular flexibility index (Phi) is 2.60. The van der Waals surface area contributed by atoms with Gasteiger partial charge in [0.2, 0.25) is 0 Å². The second kappa shape index (κ2) is 4.28. The monoisotopic (exact) mass is 250 g/mol. The Bertz CT molecular complexity index is 804. The van der Waals surface area contributed by atoms with Gasteiger partial charge >= 0.3 is 0 Å². The zero-order chi connectivity index (χ0) is 13.4. The van der Waals surface area contributed by atoms with Crippen LogP contribution in [0.15, 0.2) is 53.3 Å². The molecule has 1 aromatic heterocycles. The molecule has 0 saturated heterocycles. The molecule has 0 bridgehead atoms. The van der Waals surface area contributed by atoms with Gasteiger partial charge in [-0.25, -0.2) is 0 Å². The predicted octanol–water partition coefficient (Wildman–Crippen LogP) is 3.09. The van der Waals surface area contributed by atoms with Crippen LogP contribution >= 0.6 is 0 Å². The van der Waals surface area contributed by atoms with Gasteiger partial charge in [0.25, 0.3) is 0 Å². The van der Waals surface area contributed by atoms with E-state index in [1.54, 1.807) is 6.07 Å². The maximum atomic E-state index is 12.4. The lowest BCUT2D eigenvalue weighted by Gasteiger charge is -2.09. The van der Waals surface area contributed by atoms with Crippen LogP contribution in [0.1, 0.15) is 5.56 Å². The molecule has 94 valence electrons. The summed E-state index contributed by atoms with van der Waals surface area (Å²) >= 11 is 0. The van der Waals surface area contributed by atoms with Crippen molar-refractivity contribution < 1.29 is 0 Å². The first-order valence-corrected chi connectivity index (χ1v) is 6.15. The van der Waals surface area contributed by atoms with Crippen LogP contribution in [0, 0.1) is 6.92 Å². The van der Waals surface area contributed by atoms with E-state index < -0.39 is 0 Å². The number of benzene rings is 2. The average Bonchev–Trinajstić information content (AvgIpc) is 2.43. The van der Waals surface area contributed by atoms with E-state index in [2.05, 4.69) is 4.98 Å². The van der Waals surface area contributed by atoms with Crippen LogP contribution in [-0.4, -0.2) is 4.98 Å². The van der Waals surface area contributed by atoms with Gasteiger partial charge in [0.15, 0.2) is 5.43 Å². The minimum atomic E-state index is -0.00861. The summed E-state index contributed by atoms with van der Waals surface area (Å²) in [4.78, 5) is 15.8. The van der Waals surface area contributed by atoms with Gasteiger partial charge in [0, 0.05) is 11.3 Å². The number of rotatable bonds is 1. The SMILES string of the molecule is Cc1c(-c2ccccc2)[nH]c2cccc(N)c2c1=O. The fourth-order valence-corrected chi connectivity index (χ4v) is 2.35. The summed E-state index contributed by atoms with van der Waals surface area (Å²) in [5.74, 6) is 0. The van der Waals surface area contributed by atoms with Gasteiger partial charge in [0.05, 0.1) is 16.6 Å². The number of aromatic nitrogens is 1. The molecular weight excluding hydrogens is 236 g/mol. The van der Waals surface area contributed by atoms with Crippen molar-refractivity contribution in [2.45, 2.75) is 6.92 Å². The van der Waals surface area contributed by atoms with Crippen LogP contribution < -0.4 is 11.2 Å². The fourth-order valence-electron chi connectivity index (χ4n) is 2.35. The minimum Gasteiger partial charge on any atom is -0.398 e. The summed E-state index contributed by atoms with van der Waals surface area (Å²) in [5.41, 5.74) is 9.72. The van der Waals surface area contributed by atoms with Crippen molar-refractivity contribution >= 4 is 16.6 Å². The Balaban J connectivity index is 2.41. The number of hydrogen-bond acceptors (Lipinski definition) is 2. The predicted molar refractivity (Wildman–Crippen MR) is 79.2 cm³/mol. The summed E-state index contributed by atoms with van der Waals surface area (Å²) in [6.45, 7) is 1.83. The van der Waals surface area contributed by atoms with Crippen molar-refractivity contribution in [1.82, 2.24) is 4.98 Å². The van der Waals surface area contributed by atoms with Gasteiger partial charge in [-0.3, -0.25) is 4.79 Å². The third kappa shape index (κ3) is 1.80. The Morgan fingerprint density at radius 2 is 1.74 bits per heavy atom. The molecule has 3 rings (SSSR count). The molecule has 0 unspecified atom stereocenters. The molecule has 0 aliphatic rings. The molecule has 0 fully saturated rings. The van der Waals surface area contributed by atoms with Crippen LogP contribution in [0.25, 0.3) is 22.2 Å². The van der Waals surface area contributed by atoms with Gasteiger partial charge < -0.3 is 10.7 Å². The molecule has 0 atom stereocenters. The zero-order valence-corrected chi connectivity index (χ0v) is 10.6. The zero-order valence-electron chi connectivity index (χ0n) is 10.6. The average molecular weight is 250 g/mol. The lowest BCUT2D eigenvalue weighted by Crippen LogP contribution is -2.11. The highest BCUT2D eigenvalue weighted by Crippen LogP contribution is 2.23. The van der Waals surface area contributed by atoms with Crippen LogP contribution in [0.5, 0.6) is 0 Å². The highest BCUT2D eigenvalue weighted by atomic mass is 16.1. The number of fused-ring (bicyclic) bond motifs is 1. The molecule has 0 saturated carbocycles. The van der Waals surface area contributed by atoms with E-state index in [0.717, 1.165) is 16.8 Å². The highest BCUT2D eigenvalue weighted by molar-refractivity contribution is 5.92. The summed E-state index contributed by atoms with van der Waals surface area (Å²) in [6, 6.07) is 15.3. The fraction of sp³-hybridized carbons (Fsp3) is 0.0625. The Hall–Kier alpha value is -2.55. The van der Waals surface area contributed by atoms with E-state index in [-0.39, 0.29) is 5.43 Å². The molecule has 2 aromatic carbocycles. The van der Waals surface area contributed by atoms with E-state index in [0.29, 0.717) is 16.6 Å². The third-order valence-corrected chi connectivity index (χ3v) is 3.36. The number of anilines is 1. The third-order valence-electron chi connectivity index (χ3n) is 3.36. The maximum Gasteiger partial charge on any atom is 0.194 e. The number of hydrogen-bond donors (Lipinski definition) is 2. The van der Waals surface area contributed by atoms with Gasteiger partial charge in [-0.2, -0.15) is 0 Å². The molecule has 3 heteroatoms. The number of nitrogens with one attached hydrogen (secondary N) is 1. The summed E-state index contributed by atoms with van der Waals surface area (Å²) in [5, 5.41) is 0.569. The molecule has 0 aliphatic carbocycles. The van der Waals surface area contributed by atoms with Crippen molar-refractivity contribution in [2.75, 3.05) is 5.73 Å². The Morgan fingerprint density at radius 1 is 1.00 bits per heavy atom. The lowest BCUT2D eigenvalue weighted by molar-refractivity contribution is 1.30. The van der Waals surface area contributed by atoms with Crippen molar-refractivity contribution in [3.8, 4) is 11.3 Å². The number of aromatic amines is 1. The van der Waals surface area contributed by atoms with Gasteiger partial charge in [-0.1, -0.05) is 36.4 Å². The van der Waals surface area contributed by atoms with E-state index in [1.165, 1.54) is 0 Å². The maximum absolute atomic E-state index is 12.4. The number of H-pyrrole nitrogens is 1. The summed E-state index contributed by atoms with van der Waals surface area (Å²) in [7, 11) is 0. The molecule has 0 amide bonds. The first kappa shape index (κ1) is 11.5. The van der Waals surface area contributed by atoms with E-state index in [9.17, 15) is 4.79 Å². The summed E-state index contributed by atoms with van der Waals surface area (Å²) in [6.07, 6.45) is 0. The number of nitrogens with two attached hydrogens (primary N) is 1. The summed E-state index contributed by atoms with van der Waals surface area (Å²) < 4.78 is 0. The Labute approximate surface area is 110 Å². The van der Waals surface area contributed by atoms with Gasteiger partial charge in [0.1, 0.15) is 0 Å². The molecule has 3 nitrogen and oxygen atoms in total. The number of pyridine rings is 1. The molecular formula is C16H14N2O. The first-order chi connectivity index (χ1) is 9.18. The molecule has 3 N–H and O–H groups in total. The van der Waals surface area contributed by atoms with Crippen LogP contribution in [0.3, 0.4) is 0 Å². The van der Waals surface area contributed by atoms with E-state index >= 15 is 0 Å². The van der Waals surface area contributed by atoms with Crippen LogP contribution in [0.2, 0.25) is 0 Å². The lowest BCUT2D eigenvalue weighted by atomic mass is 10.0. The minimum absolute atomic E-state index is 0.00861. The van der Waals surface area contributed by atoms with E-state index in [4.69, 9.17) is 5.73 Å². The van der Waals surface area contributed by atoms with Crippen molar-refractivity contribution in [3.05, 3.63) is 64.3 Å². The molecule has 0 aliphatic heterocycles. The van der Waals surface area contributed by atoms with E-state index in [1.807, 2.05) is 49.4 Å². The standard InChI is InChI=1S/C16H14N2O/c1-10-15(11-6-3-2-4-7-11)18-13-9-5-8-12(17)14(13)16(10)19/h2-9H,17H2,1H3,(H,18,19). The molecule has 3 aromatic rings. The van der Waals surface area contributed by atoms with Gasteiger partial charge in [-0.15, -0.1) is 0 Å². The van der Waals surface area contributed by atoms with Crippen LogP contribution in [-0.2, 0) is 0 Å². The normalized spacial score (nSPS) is 10.8.